The van der Waals surface area contributed by atoms with E-state index in [0.29, 0.717) is 19.8 Å². The normalized spacial score (nSPS) is 12.5. The van der Waals surface area contributed by atoms with Crippen LogP contribution in [-0.4, -0.2) is 30.9 Å². The molecule has 5 heteroatoms. The first-order chi connectivity index (χ1) is 10.2. The van der Waals surface area contributed by atoms with Crippen molar-refractivity contribution in [2.45, 2.75) is 19.1 Å². The van der Waals surface area contributed by atoms with E-state index in [-0.39, 0.29) is 0 Å². The Bertz CT molecular complexity index is 502. The molecule has 1 aromatic carbocycles. The number of aliphatic hydroxyl groups excluding tert-OH is 1. The maximum Gasteiger partial charge on any atom is 0.0897 e. The molecule has 1 atom stereocenters. The average molecular weight is 326 g/mol. The van der Waals surface area contributed by atoms with Crippen LogP contribution in [0.3, 0.4) is 0 Å². The molecule has 0 bridgehead atoms. The van der Waals surface area contributed by atoms with Gasteiger partial charge in [-0.1, -0.05) is 29.8 Å². The van der Waals surface area contributed by atoms with Crippen LogP contribution < -0.4 is 5.32 Å². The molecule has 0 aliphatic carbocycles. The third kappa shape index (κ3) is 6.59. The van der Waals surface area contributed by atoms with E-state index < -0.39 is 6.10 Å². The van der Waals surface area contributed by atoms with E-state index in [1.54, 1.807) is 11.3 Å². The Morgan fingerprint density at radius 2 is 2.05 bits per heavy atom. The van der Waals surface area contributed by atoms with E-state index in [1.807, 2.05) is 41.8 Å². The van der Waals surface area contributed by atoms with Crippen LogP contribution >= 0.6 is 22.9 Å². The summed E-state index contributed by atoms with van der Waals surface area (Å²) in [4.78, 5) is 1.18. The zero-order valence-corrected chi connectivity index (χ0v) is 13.4. The van der Waals surface area contributed by atoms with Gasteiger partial charge in [0.2, 0.25) is 0 Å². The summed E-state index contributed by atoms with van der Waals surface area (Å²) in [5.74, 6) is 0. The Morgan fingerprint density at radius 3 is 2.76 bits per heavy atom. The summed E-state index contributed by atoms with van der Waals surface area (Å²) in [5, 5.41) is 15.8. The lowest BCUT2D eigenvalue weighted by molar-refractivity contribution is 0.0300. The van der Waals surface area contributed by atoms with Crippen LogP contribution in [0.15, 0.2) is 41.8 Å². The second-order valence-corrected chi connectivity index (χ2v) is 6.30. The third-order valence-electron chi connectivity index (χ3n) is 3.02. The van der Waals surface area contributed by atoms with Gasteiger partial charge < -0.3 is 15.2 Å². The van der Waals surface area contributed by atoms with E-state index in [2.05, 4.69) is 5.32 Å². The first kappa shape index (κ1) is 16.5. The molecule has 2 aromatic rings. The lowest BCUT2D eigenvalue weighted by Gasteiger charge is -2.12. The van der Waals surface area contributed by atoms with Crippen LogP contribution in [0.25, 0.3) is 0 Å². The van der Waals surface area contributed by atoms with Crippen molar-refractivity contribution in [2.75, 3.05) is 19.7 Å². The summed E-state index contributed by atoms with van der Waals surface area (Å²) >= 11 is 7.50. The van der Waals surface area contributed by atoms with Crippen LogP contribution in [-0.2, 0) is 17.8 Å². The van der Waals surface area contributed by atoms with Gasteiger partial charge in [0.25, 0.3) is 0 Å². The Kier molecular flexibility index (Phi) is 7.19. The zero-order valence-electron chi connectivity index (χ0n) is 11.8. The fraction of sp³-hybridized carbons (Fsp3) is 0.375. The first-order valence-electron chi connectivity index (χ1n) is 6.97. The standard InChI is InChI=1S/C16H20ClNO2S/c17-14-5-3-13(4-6-14)7-8-18-10-15(19)11-20-12-16-2-1-9-21-16/h1-6,9,15,18-19H,7-8,10-12H2/t15-/m1/s1. The molecule has 0 fully saturated rings. The molecule has 0 saturated carbocycles. The van der Waals surface area contributed by atoms with Crippen LogP contribution in [0.4, 0.5) is 0 Å². The summed E-state index contributed by atoms with van der Waals surface area (Å²) in [5.41, 5.74) is 1.23. The fourth-order valence-corrected chi connectivity index (χ4v) is 2.67. The molecule has 0 aliphatic rings. The van der Waals surface area contributed by atoms with E-state index in [0.717, 1.165) is 18.0 Å². The topological polar surface area (TPSA) is 41.5 Å². The van der Waals surface area contributed by atoms with Crippen molar-refractivity contribution in [1.82, 2.24) is 5.32 Å². The highest BCUT2D eigenvalue weighted by Crippen LogP contribution is 2.10. The largest absolute Gasteiger partial charge is 0.389 e. The van der Waals surface area contributed by atoms with Crippen molar-refractivity contribution in [3.05, 3.63) is 57.2 Å². The highest BCUT2D eigenvalue weighted by molar-refractivity contribution is 7.09. The highest BCUT2D eigenvalue weighted by Gasteiger charge is 2.04. The number of hydrogen-bond donors (Lipinski definition) is 2. The SMILES string of the molecule is O[C@H](CNCCc1ccc(Cl)cc1)COCc1cccs1. The van der Waals surface area contributed by atoms with Gasteiger partial charge in [-0.15, -0.1) is 11.3 Å². The molecule has 0 amide bonds. The lowest BCUT2D eigenvalue weighted by atomic mass is 10.1. The summed E-state index contributed by atoms with van der Waals surface area (Å²) < 4.78 is 5.47. The second kappa shape index (κ2) is 9.18. The van der Waals surface area contributed by atoms with E-state index >= 15 is 0 Å². The number of nitrogens with one attached hydrogen (secondary N) is 1. The summed E-state index contributed by atoms with van der Waals surface area (Å²) in [7, 11) is 0. The number of hydrogen-bond acceptors (Lipinski definition) is 4. The Morgan fingerprint density at radius 1 is 1.24 bits per heavy atom. The third-order valence-corrected chi connectivity index (χ3v) is 4.12. The van der Waals surface area contributed by atoms with Gasteiger partial charge in [0.1, 0.15) is 0 Å². The maximum atomic E-state index is 9.81. The molecular weight excluding hydrogens is 306 g/mol. The number of thiophene rings is 1. The molecule has 21 heavy (non-hydrogen) atoms. The zero-order chi connectivity index (χ0) is 14.9. The molecule has 1 aromatic heterocycles. The van der Waals surface area contributed by atoms with E-state index in [4.69, 9.17) is 16.3 Å². The van der Waals surface area contributed by atoms with Crippen molar-refractivity contribution in [3.8, 4) is 0 Å². The van der Waals surface area contributed by atoms with Crippen LogP contribution in [0.1, 0.15) is 10.4 Å². The maximum absolute atomic E-state index is 9.81. The fourth-order valence-electron chi connectivity index (χ4n) is 1.90. The predicted molar refractivity (Wildman–Crippen MR) is 88.0 cm³/mol. The quantitative estimate of drug-likeness (QED) is 0.696. The molecule has 1 heterocycles. The minimum atomic E-state index is -0.477. The molecule has 114 valence electrons. The lowest BCUT2D eigenvalue weighted by Crippen LogP contribution is -2.31. The van der Waals surface area contributed by atoms with Gasteiger partial charge in [-0.3, -0.25) is 0 Å². The number of benzene rings is 1. The van der Waals surface area contributed by atoms with Crippen LogP contribution in [0, 0.1) is 0 Å². The Hall–Kier alpha value is -0.910. The second-order valence-electron chi connectivity index (χ2n) is 4.83. The first-order valence-corrected chi connectivity index (χ1v) is 8.23. The summed E-state index contributed by atoms with van der Waals surface area (Å²) in [6.45, 7) is 2.28. The summed E-state index contributed by atoms with van der Waals surface area (Å²) in [6.07, 6.45) is 0.440. The van der Waals surface area contributed by atoms with Gasteiger partial charge in [-0.25, -0.2) is 0 Å². The van der Waals surface area contributed by atoms with Gasteiger partial charge in [-0.05, 0) is 42.1 Å². The summed E-state index contributed by atoms with van der Waals surface area (Å²) in [6, 6.07) is 11.9. The molecule has 0 saturated heterocycles. The molecule has 3 nitrogen and oxygen atoms in total. The molecule has 0 unspecified atom stereocenters. The van der Waals surface area contributed by atoms with E-state index in [1.165, 1.54) is 10.4 Å². The van der Waals surface area contributed by atoms with Gasteiger partial charge in [0.15, 0.2) is 0 Å². The van der Waals surface area contributed by atoms with Gasteiger partial charge >= 0.3 is 0 Å². The number of aliphatic hydroxyl groups is 1. The Balaban J connectivity index is 1.52. The molecule has 2 rings (SSSR count). The van der Waals surface area contributed by atoms with Crippen molar-refractivity contribution in [2.24, 2.45) is 0 Å². The smallest absolute Gasteiger partial charge is 0.0897 e. The molecule has 0 aliphatic heterocycles. The van der Waals surface area contributed by atoms with Crippen LogP contribution in [0.2, 0.25) is 5.02 Å². The number of halogens is 1. The average Bonchev–Trinajstić information content (AvgIpc) is 2.99. The van der Waals surface area contributed by atoms with Crippen molar-refractivity contribution < 1.29 is 9.84 Å². The number of ether oxygens (including phenoxy) is 1. The molecular formula is C16H20ClNO2S. The van der Waals surface area contributed by atoms with E-state index in [9.17, 15) is 5.11 Å². The molecule has 0 spiro atoms. The van der Waals surface area contributed by atoms with Gasteiger partial charge in [0, 0.05) is 16.4 Å². The van der Waals surface area contributed by atoms with Crippen LogP contribution in [0.5, 0.6) is 0 Å². The van der Waals surface area contributed by atoms with Crippen molar-refractivity contribution in [3.63, 3.8) is 0 Å². The van der Waals surface area contributed by atoms with Crippen molar-refractivity contribution >= 4 is 22.9 Å². The highest BCUT2D eigenvalue weighted by atomic mass is 35.5. The van der Waals surface area contributed by atoms with Gasteiger partial charge in [0.05, 0.1) is 19.3 Å². The Labute approximate surface area is 134 Å². The molecule has 2 N–H and O–H groups in total. The number of rotatable bonds is 9. The van der Waals surface area contributed by atoms with Gasteiger partial charge in [-0.2, -0.15) is 0 Å². The minimum absolute atomic E-state index is 0.353. The molecule has 0 radical (unpaired) electrons. The monoisotopic (exact) mass is 325 g/mol. The van der Waals surface area contributed by atoms with Crippen molar-refractivity contribution in [1.29, 1.82) is 0 Å². The minimum Gasteiger partial charge on any atom is -0.389 e. The predicted octanol–water partition coefficient (Wildman–Crippen LogP) is 3.11.